The van der Waals surface area contributed by atoms with Crippen molar-refractivity contribution in [3.63, 3.8) is 0 Å². The van der Waals surface area contributed by atoms with Crippen LogP contribution in [0.25, 0.3) is 16.9 Å². The molecule has 0 aromatic carbocycles. The average molecular weight is 283 g/mol. The predicted octanol–water partition coefficient (Wildman–Crippen LogP) is 1.97. The van der Waals surface area contributed by atoms with Crippen LogP contribution in [0, 0.1) is 0 Å². The zero-order chi connectivity index (χ0) is 14.9. The van der Waals surface area contributed by atoms with E-state index in [0.29, 0.717) is 6.54 Å². The number of hydrogen-bond acceptors (Lipinski definition) is 5. The second kappa shape index (κ2) is 5.14. The van der Waals surface area contributed by atoms with E-state index in [1.807, 2.05) is 18.2 Å². The van der Waals surface area contributed by atoms with Gasteiger partial charge >= 0.3 is 0 Å². The molecule has 0 atom stereocenters. The molecule has 0 aliphatic rings. The fourth-order valence-electron chi connectivity index (χ4n) is 2.02. The molecule has 0 aliphatic heterocycles. The maximum Gasteiger partial charge on any atom is 0.176 e. The van der Waals surface area contributed by atoms with Gasteiger partial charge in [0.2, 0.25) is 0 Å². The van der Waals surface area contributed by atoms with Gasteiger partial charge < -0.3 is 10.4 Å². The highest BCUT2D eigenvalue weighted by Gasteiger charge is 2.14. The molecule has 3 aromatic heterocycles. The summed E-state index contributed by atoms with van der Waals surface area (Å²) < 4.78 is 1.72. The number of fused-ring (bicyclic) bond motifs is 1. The maximum atomic E-state index is 9.87. The van der Waals surface area contributed by atoms with E-state index in [9.17, 15) is 5.11 Å². The van der Waals surface area contributed by atoms with Crippen molar-refractivity contribution in [2.45, 2.75) is 19.4 Å². The van der Waals surface area contributed by atoms with E-state index in [2.05, 4.69) is 20.4 Å². The molecular formula is C15H17N5O. The van der Waals surface area contributed by atoms with Crippen molar-refractivity contribution in [2.75, 3.05) is 11.9 Å². The van der Waals surface area contributed by atoms with Gasteiger partial charge in [-0.25, -0.2) is 9.50 Å². The van der Waals surface area contributed by atoms with E-state index in [1.165, 1.54) is 0 Å². The number of nitrogens with zero attached hydrogens (tertiary/aromatic N) is 4. The number of anilines is 1. The van der Waals surface area contributed by atoms with Gasteiger partial charge in [-0.3, -0.25) is 4.98 Å². The average Bonchev–Trinajstić information content (AvgIpc) is 2.93. The minimum absolute atomic E-state index is 0.426. The summed E-state index contributed by atoms with van der Waals surface area (Å²) in [6.07, 6.45) is 6.97. The number of imidazole rings is 1. The lowest BCUT2D eigenvalue weighted by Gasteiger charge is -2.19. The van der Waals surface area contributed by atoms with Crippen LogP contribution >= 0.6 is 0 Å². The van der Waals surface area contributed by atoms with Gasteiger partial charge in [0.05, 0.1) is 17.0 Å². The van der Waals surface area contributed by atoms with Crippen LogP contribution in [0.3, 0.4) is 0 Å². The minimum Gasteiger partial charge on any atom is -0.389 e. The third-order valence-electron chi connectivity index (χ3n) is 3.05. The molecule has 6 nitrogen and oxygen atoms in total. The molecule has 3 aromatic rings. The van der Waals surface area contributed by atoms with Gasteiger partial charge in [0.25, 0.3) is 0 Å². The predicted molar refractivity (Wildman–Crippen MR) is 81.0 cm³/mol. The molecular weight excluding hydrogens is 266 g/mol. The van der Waals surface area contributed by atoms with E-state index < -0.39 is 5.60 Å². The third kappa shape index (κ3) is 3.00. The molecule has 0 amide bonds. The summed E-state index contributed by atoms with van der Waals surface area (Å²) in [7, 11) is 0. The normalized spacial score (nSPS) is 11.8. The van der Waals surface area contributed by atoms with Crippen LogP contribution < -0.4 is 5.32 Å². The molecule has 0 aliphatic carbocycles. The number of hydrogen-bond donors (Lipinski definition) is 2. The van der Waals surface area contributed by atoms with Crippen LogP contribution in [-0.2, 0) is 0 Å². The number of pyridine rings is 1. The SMILES string of the molecule is CC(C)(O)CNc1cc(-c2ccncc2)nn2ccnc12. The van der Waals surface area contributed by atoms with Gasteiger partial charge in [-0.2, -0.15) is 5.10 Å². The van der Waals surface area contributed by atoms with Gasteiger partial charge in [0.15, 0.2) is 5.65 Å². The summed E-state index contributed by atoms with van der Waals surface area (Å²) in [5, 5.41) is 17.6. The Morgan fingerprint density at radius 1 is 1.24 bits per heavy atom. The topological polar surface area (TPSA) is 75.3 Å². The first kappa shape index (κ1) is 13.5. The highest BCUT2D eigenvalue weighted by Crippen LogP contribution is 2.23. The summed E-state index contributed by atoms with van der Waals surface area (Å²) in [5.41, 5.74) is 2.57. The Kier molecular flexibility index (Phi) is 3.31. The largest absolute Gasteiger partial charge is 0.389 e. The van der Waals surface area contributed by atoms with E-state index in [0.717, 1.165) is 22.6 Å². The summed E-state index contributed by atoms with van der Waals surface area (Å²) in [6, 6.07) is 5.75. The molecule has 0 bridgehead atoms. The van der Waals surface area contributed by atoms with Crippen molar-refractivity contribution in [3.05, 3.63) is 43.0 Å². The van der Waals surface area contributed by atoms with Crippen LogP contribution in [0.2, 0.25) is 0 Å². The Balaban J connectivity index is 2.04. The molecule has 3 rings (SSSR count). The molecule has 0 fully saturated rings. The first-order valence-corrected chi connectivity index (χ1v) is 6.74. The summed E-state index contributed by atoms with van der Waals surface area (Å²) >= 11 is 0. The Morgan fingerprint density at radius 3 is 2.71 bits per heavy atom. The zero-order valence-corrected chi connectivity index (χ0v) is 12.0. The second-order valence-corrected chi connectivity index (χ2v) is 5.54. The molecule has 0 spiro atoms. The van der Waals surface area contributed by atoms with Crippen LogP contribution in [-0.4, -0.2) is 36.8 Å². The fraction of sp³-hybridized carbons (Fsp3) is 0.267. The Bertz CT molecular complexity index is 746. The lowest BCUT2D eigenvalue weighted by molar-refractivity contribution is 0.0945. The van der Waals surface area contributed by atoms with Crippen molar-refractivity contribution in [3.8, 4) is 11.3 Å². The van der Waals surface area contributed by atoms with Crippen molar-refractivity contribution in [1.29, 1.82) is 0 Å². The number of aliphatic hydroxyl groups is 1. The fourth-order valence-corrected chi connectivity index (χ4v) is 2.02. The summed E-state index contributed by atoms with van der Waals surface area (Å²) in [4.78, 5) is 8.32. The van der Waals surface area contributed by atoms with Crippen molar-refractivity contribution >= 4 is 11.3 Å². The molecule has 0 saturated heterocycles. The molecule has 0 saturated carbocycles. The molecule has 108 valence electrons. The Hall–Kier alpha value is -2.47. The molecule has 3 heterocycles. The van der Waals surface area contributed by atoms with Gasteiger partial charge in [0, 0.05) is 36.9 Å². The van der Waals surface area contributed by atoms with Crippen LogP contribution in [0.1, 0.15) is 13.8 Å². The first-order valence-electron chi connectivity index (χ1n) is 6.74. The van der Waals surface area contributed by atoms with Crippen molar-refractivity contribution in [1.82, 2.24) is 19.6 Å². The molecule has 0 unspecified atom stereocenters. The standard InChI is InChI=1S/C15H17N5O/c1-15(2,21)10-18-13-9-12(11-3-5-16-6-4-11)19-20-8-7-17-14(13)20/h3-9,18,21H,10H2,1-2H3. The molecule has 6 heteroatoms. The van der Waals surface area contributed by atoms with Gasteiger partial charge in [0.1, 0.15) is 0 Å². The van der Waals surface area contributed by atoms with E-state index in [-0.39, 0.29) is 0 Å². The number of aromatic nitrogens is 4. The van der Waals surface area contributed by atoms with Crippen molar-refractivity contribution < 1.29 is 5.11 Å². The highest BCUT2D eigenvalue weighted by molar-refractivity contribution is 5.73. The van der Waals surface area contributed by atoms with Crippen LogP contribution in [0.4, 0.5) is 5.69 Å². The zero-order valence-electron chi connectivity index (χ0n) is 12.0. The van der Waals surface area contributed by atoms with Gasteiger partial charge in [-0.1, -0.05) is 0 Å². The van der Waals surface area contributed by atoms with E-state index >= 15 is 0 Å². The first-order chi connectivity index (χ1) is 10.0. The third-order valence-corrected chi connectivity index (χ3v) is 3.05. The monoisotopic (exact) mass is 283 g/mol. The van der Waals surface area contributed by atoms with E-state index in [4.69, 9.17) is 0 Å². The van der Waals surface area contributed by atoms with Crippen LogP contribution in [0.15, 0.2) is 43.0 Å². The molecule has 0 radical (unpaired) electrons. The minimum atomic E-state index is -0.802. The van der Waals surface area contributed by atoms with Crippen LogP contribution in [0.5, 0.6) is 0 Å². The summed E-state index contributed by atoms with van der Waals surface area (Å²) in [6.45, 7) is 3.94. The Morgan fingerprint density at radius 2 is 2.00 bits per heavy atom. The second-order valence-electron chi connectivity index (χ2n) is 5.54. The molecule has 2 N–H and O–H groups in total. The Labute approximate surface area is 122 Å². The van der Waals surface area contributed by atoms with Crippen molar-refractivity contribution in [2.24, 2.45) is 0 Å². The number of rotatable bonds is 4. The molecule has 21 heavy (non-hydrogen) atoms. The maximum absolute atomic E-state index is 9.87. The highest BCUT2D eigenvalue weighted by atomic mass is 16.3. The van der Waals surface area contributed by atoms with Gasteiger partial charge in [-0.05, 0) is 32.0 Å². The smallest absolute Gasteiger partial charge is 0.176 e. The van der Waals surface area contributed by atoms with E-state index in [1.54, 1.807) is 43.2 Å². The lowest BCUT2D eigenvalue weighted by Crippen LogP contribution is -2.29. The quantitative estimate of drug-likeness (QED) is 0.765. The van der Waals surface area contributed by atoms with Gasteiger partial charge in [-0.15, -0.1) is 0 Å². The summed E-state index contributed by atoms with van der Waals surface area (Å²) in [5.74, 6) is 0. The number of nitrogens with one attached hydrogen (secondary N) is 1. The lowest BCUT2D eigenvalue weighted by atomic mass is 10.1.